The molecule has 5 nitrogen and oxygen atoms in total. The van der Waals surface area contributed by atoms with E-state index >= 15 is 0 Å². The van der Waals surface area contributed by atoms with Crippen molar-refractivity contribution < 1.29 is 27.5 Å². The second-order valence-corrected chi connectivity index (χ2v) is 5.44. The van der Waals surface area contributed by atoms with Gasteiger partial charge in [-0.2, -0.15) is 0 Å². The summed E-state index contributed by atoms with van der Waals surface area (Å²) >= 11 is 0. The molecule has 8 heteroatoms. The first kappa shape index (κ1) is 17.8. The van der Waals surface area contributed by atoms with Gasteiger partial charge in [0, 0.05) is 6.42 Å². The summed E-state index contributed by atoms with van der Waals surface area (Å²) in [5.74, 6) is -5.53. The van der Waals surface area contributed by atoms with Gasteiger partial charge in [0.05, 0.1) is 11.4 Å². The van der Waals surface area contributed by atoms with Crippen molar-refractivity contribution in [1.82, 2.24) is 0 Å². The summed E-state index contributed by atoms with van der Waals surface area (Å²) in [7, 11) is 0. The lowest BCUT2D eigenvalue weighted by atomic mass is 10.2. The number of anilines is 2. The fraction of sp³-hybridized carbons (Fsp3) is 0.429. The van der Waals surface area contributed by atoms with Gasteiger partial charge in [0.1, 0.15) is 5.60 Å². The van der Waals surface area contributed by atoms with Gasteiger partial charge in [-0.3, -0.25) is 10.1 Å². The molecule has 0 spiro atoms. The predicted molar refractivity (Wildman–Crippen MR) is 75.1 cm³/mol. The van der Waals surface area contributed by atoms with Crippen molar-refractivity contribution in [2.75, 3.05) is 10.6 Å². The van der Waals surface area contributed by atoms with Crippen LogP contribution in [0.1, 0.15) is 34.1 Å². The third-order valence-electron chi connectivity index (χ3n) is 2.38. The molecule has 1 rings (SSSR count). The molecule has 1 aromatic rings. The summed E-state index contributed by atoms with van der Waals surface area (Å²) in [4.78, 5) is 22.8. The van der Waals surface area contributed by atoms with Crippen LogP contribution in [0.15, 0.2) is 6.07 Å². The SMILES string of the molecule is CCC(=O)Nc1cc(NC(=O)OC(C)(C)C)c(F)c(F)c1F. The zero-order chi connectivity index (χ0) is 17.1. The van der Waals surface area contributed by atoms with Gasteiger partial charge in [-0.25, -0.2) is 18.0 Å². The molecule has 0 fully saturated rings. The summed E-state index contributed by atoms with van der Waals surface area (Å²) in [6.45, 7) is 6.26. The Hall–Kier alpha value is -2.25. The number of hydrogen-bond acceptors (Lipinski definition) is 3. The minimum Gasteiger partial charge on any atom is -0.444 e. The van der Waals surface area contributed by atoms with E-state index in [1.807, 2.05) is 5.32 Å². The zero-order valence-electron chi connectivity index (χ0n) is 12.6. The highest BCUT2D eigenvalue weighted by molar-refractivity contribution is 5.92. The van der Waals surface area contributed by atoms with Crippen molar-refractivity contribution in [3.05, 3.63) is 23.5 Å². The van der Waals surface area contributed by atoms with Crippen LogP contribution in [0, 0.1) is 17.5 Å². The van der Waals surface area contributed by atoms with Crippen LogP contribution >= 0.6 is 0 Å². The molecule has 2 N–H and O–H groups in total. The summed E-state index contributed by atoms with van der Waals surface area (Å²) in [5, 5.41) is 4.05. The van der Waals surface area contributed by atoms with Gasteiger partial charge >= 0.3 is 6.09 Å². The number of carbonyl (C=O) groups excluding carboxylic acids is 2. The molecular formula is C14H17F3N2O3. The van der Waals surface area contributed by atoms with Crippen molar-refractivity contribution in [2.45, 2.75) is 39.7 Å². The molecule has 22 heavy (non-hydrogen) atoms. The first-order chi connectivity index (χ1) is 10.0. The van der Waals surface area contributed by atoms with E-state index in [9.17, 15) is 22.8 Å². The van der Waals surface area contributed by atoms with Crippen molar-refractivity contribution in [2.24, 2.45) is 0 Å². The van der Waals surface area contributed by atoms with E-state index in [1.165, 1.54) is 6.92 Å². The van der Waals surface area contributed by atoms with Gasteiger partial charge in [0.2, 0.25) is 5.91 Å². The second-order valence-electron chi connectivity index (χ2n) is 5.44. The standard InChI is InChI=1S/C14H17F3N2O3/c1-5-9(20)18-7-6-8(11(16)12(17)10(7)15)19-13(21)22-14(2,3)4/h6H,5H2,1-4H3,(H,18,20)(H,19,21). The Bertz CT molecular complexity index is 598. The zero-order valence-corrected chi connectivity index (χ0v) is 12.6. The Labute approximate surface area is 125 Å². The third-order valence-corrected chi connectivity index (χ3v) is 2.38. The number of ether oxygens (including phenoxy) is 1. The fourth-order valence-electron chi connectivity index (χ4n) is 1.44. The second kappa shape index (κ2) is 6.67. The van der Waals surface area contributed by atoms with Crippen LogP contribution < -0.4 is 10.6 Å². The molecule has 1 aromatic carbocycles. The van der Waals surface area contributed by atoms with Crippen LogP contribution in [-0.4, -0.2) is 17.6 Å². The lowest BCUT2D eigenvalue weighted by Gasteiger charge is -2.20. The Morgan fingerprint density at radius 1 is 1.05 bits per heavy atom. The molecule has 0 bridgehead atoms. The van der Waals surface area contributed by atoms with Crippen molar-refractivity contribution in [1.29, 1.82) is 0 Å². The molecule has 0 saturated carbocycles. The van der Waals surface area contributed by atoms with Gasteiger partial charge < -0.3 is 10.1 Å². The molecule has 0 aliphatic heterocycles. The minimum absolute atomic E-state index is 0.0211. The highest BCUT2D eigenvalue weighted by Crippen LogP contribution is 2.27. The van der Waals surface area contributed by atoms with Crippen LogP contribution in [0.4, 0.5) is 29.3 Å². The summed E-state index contributed by atoms with van der Waals surface area (Å²) in [5.41, 5.74) is -2.06. The Kier molecular flexibility index (Phi) is 5.40. The van der Waals surface area contributed by atoms with Crippen molar-refractivity contribution in [3.8, 4) is 0 Å². The average Bonchev–Trinajstić information content (AvgIpc) is 2.39. The quantitative estimate of drug-likeness (QED) is 0.833. The molecule has 0 aliphatic rings. The summed E-state index contributed by atoms with van der Waals surface area (Å²) in [6, 6.07) is 0.783. The molecule has 2 amide bonds. The normalized spacial score (nSPS) is 11.0. The third kappa shape index (κ3) is 4.64. The highest BCUT2D eigenvalue weighted by Gasteiger charge is 2.23. The van der Waals surface area contributed by atoms with Crippen LogP contribution in [0.25, 0.3) is 0 Å². The topological polar surface area (TPSA) is 67.4 Å². The van der Waals surface area contributed by atoms with Crippen molar-refractivity contribution in [3.63, 3.8) is 0 Å². The molecule has 0 radical (unpaired) electrons. The van der Waals surface area contributed by atoms with Gasteiger partial charge in [0.25, 0.3) is 0 Å². The lowest BCUT2D eigenvalue weighted by molar-refractivity contribution is -0.115. The van der Waals surface area contributed by atoms with E-state index in [4.69, 9.17) is 4.74 Å². The number of benzene rings is 1. The van der Waals surface area contributed by atoms with Crippen LogP contribution in [-0.2, 0) is 9.53 Å². The number of hydrogen-bond donors (Lipinski definition) is 2. The molecule has 122 valence electrons. The maximum atomic E-state index is 13.7. The lowest BCUT2D eigenvalue weighted by Crippen LogP contribution is -2.27. The summed E-state index contributed by atoms with van der Waals surface area (Å²) < 4.78 is 45.6. The molecular weight excluding hydrogens is 301 g/mol. The number of amides is 2. The van der Waals surface area contributed by atoms with Gasteiger partial charge in [0.15, 0.2) is 17.5 Å². The average molecular weight is 318 g/mol. The van der Waals surface area contributed by atoms with E-state index in [2.05, 4.69) is 5.32 Å². The number of carbonyl (C=O) groups is 2. The molecule has 0 aromatic heterocycles. The minimum atomic E-state index is -1.81. The number of halogens is 3. The van der Waals surface area contributed by atoms with E-state index < -0.39 is 46.4 Å². The molecule has 0 unspecified atom stereocenters. The van der Waals surface area contributed by atoms with Gasteiger partial charge in [-0.15, -0.1) is 0 Å². The Balaban J connectivity index is 3.09. The summed E-state index contributed by atoms with van der Waals surface area (Å²) in [6.07, 6.45) is -1.02. The smallest absolute Gasteiger partial charge is 0.412 e. The van der Waals surface area contributed by atoms with Gasteiger partial charge in [-0.05, 0) is 26.8 Å². The van der Waals surface area contributed by atoms with E-state index in [-0.39, 0.29) is 6.42 Å². The fourth-order valence-corrected chi connectivity index (χ4v) is 1.44. The number of nitrogens with one attached hydrogen (secondary N) is 2. The monoisotopic (exact) mass is 318 g/mol. The maximum absolute atomic E-state index is 13.7. The number of rotatable bonds is 3. The van der Waals surface area contributed by atoms with E-state index in [1.54, 1.807) is 20.8 Å². The predicted octanol–water partition coefficient (Wildman–Crippen LogP) is 3.80. The molecule has 0 saturated heterocycles. The van der Waals surface area contributed by atoms with E-state index in [0.717, 1.165) is 6.07 Å². The highest BCUT2D eigenvalue weighted by atomic mass is 19.2. The van der Waals surface area contributed by atoms with Crippen LogP contribution in [0.5, 0.6) is 0 Å². The largest absolute Gasteiger partial charge is 0.444 e. The van der Waals surface area contributed by atoms with Crippen LogP contribution in [0.2, 0.25) is 0 Å². The van der Waals surface area contributed by atoms with E-state index in [0.29, 0.717) is 0 Å². The first-order valence-corrected chi connectivity index (χ1v) is 6.52. The van der Waals surface area contributed by atoms with Gasteiger partial charge in [-0.1, -0.05) is 6.92 Å². The Morgan fingerprint density at radius 2 is 1.55 bits per heavy atom. The molecule has 0 aliphatic carbocycles. The Morgan fingerprint density at radius 3 is 2.00 bits per heavy atom. The van der Waals surface area contributed by atoms with Crippen LogP contribution in [0.3, 0.4) is 0 Å². The molecule has 0 heterocycles. The first-order valence-electron chi connectivity index (χ1n) is 6.52. The maximum Gasteiger partial charge on any atom is 0.412 e. The molecule has 0 atom stereocenters. The van der Waals surface area contributed by atoms with Crippen molar-refractivity contribution >= 4 is 23.4 Å².